The fraction of sp³-hybridized carbons (Fsp3) is 0.714. The second-order valence-corrected chi connectivity index (χ2v) is 2.83. The summed E-state index contributed by atoms with van der Waals surface area (Å²) in [5.74, 6) is -0.376. The van der Waals surface area contributed by atoms with Crippen molar-refractivity contribution in [2.45, 2.75) is 19.8 Å². The van der Waals surface area contributed by atoms with E-state index in [1.165, 1.54) is 0 Å². The third-order valence-electron chi connectivity index (χ3n) is 1.48. The molecule has 3 nitrogen and oxygen atoms in total. The van der Waals surface area contributed by atoms with Gasteiger partial charge in [0, 0.05) is 7.05 Å². The van der Waals surface area contributed by atoms with E-state index in [1.54, 1.807) is 7.05 Å². The van der Waals surface area contributed by atoms with Crippen molar-refractivity contribution in [3.05, 3.63) is 0 Å². The standard InChI is InChI=1S/C7H14N2OS/c1-3-4-5(6(8)11)7(10)9-2/h5H,3-4H2,1-2H3,(H2,8,11)(H,9,10). The predicted octanol–water partition coefficient (Wildman–Crippen LogP) is 0.435. The first kappa shape index (κ1) is 10.4. The molecule has 0 bridgehead atoms. The Hall–Kier alpha value is -0.640. The van der Waals surface area contributed by atoms with Crippen LogP contribution in [-0.2, 0) is 4.79 Å². The molecule has 0 aliphatic carbocycles. The molecule has 3 N–H and O–H groups in total. The Morgan fingerprint density at radius 2 is 2.27 bits per heavy atom. The molecule has 0 saturated carbocycles. The van der Waals surface area contributed by atoms with Crippen LogP contribution >= 0.6 is 12.2 Å². The molecule has 0 aromatic carbocycles. The molecule has 0 aromatic rings. The number of nitrogens with one attached hydrogen (secondary N) is 1. The van der Waals surface area contributed by atoms with Crippen LogP contribution in [0.2, 0.25) is 0 Å². The fourth-order valence-corrected chi connectivity index (χ4v) is 1.09. The van der Waals surface area contributed by atoms with Crippen LogP contribution in [0.4, 0.5) is 0 Å². The zero-order valence-electron chi connectivity index (χ0n) is 6.89. The number of nitrogens with two attached hydrogens (primary N) is 1. The van der Waals surface area contributed by atoms with Crippen LogP contribution in [0.3, 0.4) is 0 Å². The molecule has 64 valence electrons. The average molecular weight is 174 g/mol. The largest absolute Gasteiger partial charge is 0.393 e. The number of amides is 1. The molecular weight excluding hydrogens is 160 g/mol. The molecule has 0 aliphatic heterocycles. The van der Waals surface area contributed by atoms with Gasteiger partial charge in [0.25, 0.3) is 0 Å². The van der Waals surface area contributed by atoms with E-state index in [2.05, 4.69) is 5.32 Å². The first-order valence-corrected chi connectivity index (χ1v) is 4.05. The SMILES string of the molecule is CCCC(C(=O)NC)C(N)=S. The number of thiocarbonyl (C=S) groups is 1. The summed E-state index contributed by atoms with van der Waals surface area (Å²) < 4.78 is 0. The molecule has 0 saturated heterocycles. The molecule has 1 atom stereocenters. The first-order valence-electron chi connectivity index (χ1n) is 3.64. The maximum atomic E-state index is 11.1. The van der Waals surface area contributed by atoms with Crippen molar-refractivity contribution in [3.8, 4) is 0 Å². The molecule has 4 heteroatoms. The quantitative estimate of drug-likeness (QED) is 0.608. The monoisotopic (exact) mass is 174 g/mol. The van der Waals surface area contributed by atoms with Crippen LogP contribution in [0.15, 0.2) is 0 Å². The van der Waals surface area contributed by atoms with Gasteiger partial charge in [-0.1, -0.05) is 25.6 Å². The first-order chi connectivity index (χ1) is 5.13. The van der Waals surface area contributed by atoms with Gasteiger partial charge in [0.15, 0.2) is 0 Å². The van der Waals surface area contributed by atoms with Crippen molar-refractivity contribution in [2.24, 2.45) is 11.7 Å². The summed E-state index contributed by atoms with van der Waals surface area (Å²) in [6.07, 6.45) is 1.64. The highest BCUT2D eigenvalue weighted by atomic mass is 32.1. The van der Waals surface area contributed by atoms with E-state index in [1.807, 2.05) is 6.92 Å². The Labute approximate surface area is 72.3 Å². The molecule has 1 unspecified atom stereocenters. The molecule has 0 aromatic heterocycles. The highest BCUT2D eigenvalue weighted by Gasteiger charge is 2.18. The summed E-state index contributed by atoms with van der Waals surface area (Å²) in [6.45, 7) is 1.99. The van der Waals surface area contributed by atoms with Crippen LogP contribution in [0.5, 0.6) is 0 Å². The lowest BCUT2D eigenvalue weighted by Gasteiger charge is -2.11. The van der Waals surface area contributed by atoms with Crippen molar-refractivity contribution in [3.63, 3.8) is 0 Å². The highest BCUT2D eigenvalue weighted by molar-refractivity contribution is 7.80. The Kier molecular flexibility index (Phi) is 4.77. The van der Waals surface area contributed by atoms with E-state index in [0.717, 1.165) is 12.8 Å². The second-order valence-electron chi connectivity index (χ2n) is 2.36. The zero-order chi connectivity index (χ0) is 8.85. The smallest absolute Gasteiger partial charge is 0.229 e. The molecule has 0 fully saturated rings. The van der Waals surface area contributed by atoms with Gasteiger partial charge in [-0.25, -0.2) is 0 Å². The van der Waals surface area contributed by atoms with E-state index in [-0.39, 0.29) is 16.8 Å². The number of hydrogen-bond acceptors (Lipinski definition) is 2. The van der Waals surface area contributed by atoms with E-state index < -0.39 is 0 Å². The second kappa shape index (κ2) is 5.07. The summed E-state index contributed by atoms with van der Waals surface area (Å²) in [5, 5.41) is 2.52. The van der Waals surface area contributed by atoms with Gasteiger partial charge >= 0.3 is 0 Å². The Balaban J connectivity index is 4.09. The molecular formula is C7H14N2OS. The summed E-state index contributed by atoms with van der Waals surface area (Å²) in [4.78, 5) is 11.3. The number of hydrogen-bond donors (Lipinski definition) is 2. The molecule has 0 aliphatic rings. The van der Waals surface area contributed by atoms with Crippen molar-refractivity contribution in [2.75, 3.05) is 7.05 Å². The summed E-state index contributed by atoms with van der Waals surface area (Å²) in [7, 11) is 1.59. The van der Waals surface area contributed by atoms with Gasteiger partial charge in [0.05, 0.1) is 10.9 Å². The minimum absolute atomic E-state index is 0.0839. The molecule has 0 radical (unpaired) electrons. The third kappa shape index (κ3) is 3.32. The van der Waals surface area contributed by atoms with Crippen LogP contribution in [0, 0.1) is 5.92 Å². The predicted molar refractivity (Wildman–Crippen MR) is 49.3 cm³/mol. The van der Waals surface area contributed by atoms with Crippen molar-refractivity contribution >= 4 is 23.1 Å². The van der Waals surface area contributed by atoms with E-state index >= 15 is 0 Å². The maximum absolute atomic E-state index is 11.1. The van der Waals surface area contributed by atoms with Crippen molar-refractivity contribution in [1.29, 1.82) is 0 Å². The van der Waals surface area contributed by atoms with Crippen LogP contribution < -0.4 is 11.1 Å². The molecule has 0 heterocycles. The van der Waals surface area contributed by atoms with Gasteiger partial charge in [0.1, 0.15) is 0 Å². The summed E-state index contributed by atoms with van der Waals surface area (Å²) in [6, 6.07) is 0. The van der Waals surface area contributed by atoms with Gasteiger partial charge in [0.2, 0.25) is 5.91 Å². The number of rotatable bonds is 4. The van der Waals surface area contributed by atoms with E-state index in [9.17, 15) is 4.79 Å². The van der Waals surface area contributed by atoms with Gasteiger partial charge < -0.3 is 11.1 Å². The minimum atomic E-state index is -0.292. The highest BCUT2D eigenvalue weighted by Crippen LogP contribution is 2.06. The van der Waals surface area contributed by atoms with E-state index in [4.69, 9.17) is 18.0 Å². The van der Waals surface area contributed by atoms with Crippen LogP contribution in [-0.4, -0.2) is 17.9 Å². The zero-order valence-corrected chi connectivity index (χ0v) is 7.70. The van der Waals surface area contributed by atoms with Gasteiger partial charge in [-0.2, -0.15) is 0 Å². The lowest BCUT2D eigenvalue weighted by Crippen LogP contribution is -2.35. The summed E-state index contributed by atoms with van der Waals surface area (Å²) in [5.41, 5.74) is 5.37. The number of carbonyl (C=O) groups excluding carboxylic acids is 1. The van der Waals surface area contributed by atoms with Crippen LogP contribution in [0.25, 0.3) is 0 Å². The lowest BCUT2D eigenvalue weighted by molar-refractivity contribution is -0.122. The topological polar surface area (TPSA) is 55.1 Å². The van der Waals surface area contributed by atoms with Gasteiger partial charge in [-0.15, -0.1) is 0 Å². The Bertz CT molecular complexity index is 159. The summed E-state index contributed by atoms with van der Waals surface area (Å²) >= 11 is 4.74. The average Bonchev–Trinajstić information content (AvgIpc) is 1.98. The third-order valence-corrected chi connectivity index (χ3v) is 1.77. The maximum Gasteiger partial charge on any atom is 0.229 e. The molecule has 0 rings (SSSR count). The number of carbonyl (C=O) groups is 1. The van der Waals surface area contributed by atoms with E-state index in [0.29, 0.717) is 0 Å². The van der Waals surface area contributed by atoms with Crippen molar-refractivity contribution in [1.82, 2.24) is 5.32 Å². The van der Waals surface area contributed by atoms with Crippen molar-refractivity contribution < 1.29 is 4.79 Å². The molecule has 11 heavy (non-hydrogen) atoms. The Morgan fingerprint density at radius 1 is 1.73 bits per heavy atom. The molecule has 1 amide bonds. The van der Waals surface area contributed by atoms with Gasteiger partial charge in [-0.3, -0.25) is 4.79 Å². The van der Waals surface area contributed by atoms with Crippen LogP contribution in [0.1, 0.15) is 19.8 Å². The normalized spacial score (nSPS) is 12.2. The lowest BCUT2D eigenvalue weighted by atomic mass is 10.0. The molecule has 0 spiro atoms. The van der Waals surface area contributed by atoms with Gasteiger partial charge in [-0.05, 0) is 6.42 Å². The minimum Gasteiger partial charge on any atom is -0.393 e. The fourth-order valence-electron chi connectivity index (χ4n) is 0.865. The Morgan fingerprint density at radius 3 is 2.55 bits per heavy atom.